The van der Waals surface area contributed by atoms with Crippen LogP contribution < -0.4 is 11.0 Å². The van der Waals surface area contributed by atoms with Crippen LogP contribution in [-0.4, -0.2) is 45.6 Å². The summed E-state index contributed by atoms with van der Waals surface area (Å²) in [6, 6.07) is 5.50. The topological polar surface area (TPSA) is 79.4 Å². The van der Waals surface area contributed by atoms with Gasteiger partial charge in [-0.3, -0.25) is 9.89 Å². The average molecular weight is 383 g/mol. The summed E-state index contributed by atoms with van der Waals surface area (Å²) in [6.45, 7) is 6.51. The molecule has 1 aliphatic heterocycles. The monoisotopic (exact) mass is 382 g/mol. The van der Waals surface area contributed by atoms with Crippen LogP contribution in [0.1, 0.15) is 20.8 Å². The first kappa shape index (κ1) is 15.9. The summed E-state index contributed by atoms with van der Waals surface area (Å²) in [7, 11) is 0. The fourth-order valence-electron chi connectivity index (χ4n) is 2.39. The van der Waals surface area contributed by atoms with E-state index in [-0.39, 0.29) is 17.7 Å². The van der Waals surface area contributed by atoms with Crippen molar-refractivity contribution in [1.29, 1.82) is 0 Å². The van der Waals surface area contributed by atoms with Crippen molar-refractivity contribution in [2.75, 3.05) is 18.5 Å². The van der Waals surface area contributed by atoms with Gasteiger partial charge in [0.05, 0.1) is 16.9 Å². The lowest BCUT2D eigenvalue weighted by molar-refractivity contribution is 0.00940. The Morgan fingerprint density at radius 2 is 2.09 bits per heavy atom. The number of nitrogens with zero attached hydrogens (tertiary/aromatic N) is 2. The number of carbonyl (C=O) groups is 1. The molecule has 0 unspecified atom stereocenters. The van der Waals surface area contributed by atoms with E-state index in [1.807, 2.05) is 32.9 Å². The lowest BCUT2D eigenvalue weighted by Gasteiger charge is -2.40. The van der Waals surface area contributed by atoms with E-state index < -0.39 is 5.60 Å². The van der Waals surface area contributed by atoms with E-state index in [1.54, 1.807) is 11.0 Å². The van der Waals surface area contributed by atoms with Crippen LogP contribution in [0, 0.1) is 0 Å². The van der Waals surface area contributed by atoms with Crippen molar-refractivity contribution in [2.24, 2.45) is 0 Å². The van der Waals surface area contributed by atoms with E-state index >= 15 is 0 Å². The molecule has 0 spiro atoms. The van der Waals surface area contributed by atoms with Crippen molar-refractivity contribution in [3.8, 4) is 0 Å². The number of H-pyrrole nitrogens is 1. The van der Waals surface area contributed by atoms with Crippen LogP contribution >= 0.6 is 15.9 Å². The van der Waals surface area contributed by atoms with Gasteiger partial charge in [-0.1, -0.05) is 15.9 Å². The van der Waals surface area contributed by atoms with E-state index in [4.69, 9.17) is 4.74 Å². The zero-order chi connectivity index (χ0) is 16.8. The largest absolute Gasteiger partial charge is 0.444 e. The smallest absolute Gasteiger partial charge is 0.410 e. The number of nitrogens with one attached hydrogen (secondary N) is 2. The van der Waals surface area contributed by atoms with Gasteiger partial charge in [0.15, 0.2) is 0 Å². The molecule has 2 heterocycles. The van der Waals surface area contributed by atoms with Crippen LogP contribution in [0.2, 0.25) is 0 Å². The van der Waals surface area contributed by atoms with Gasteiger partial charge in [-0.15, -0.1) is 0 Å². The lowest BCUT2D eigenvalue weighted by atomic mass is 10.1. The molecule has 0 atom stereocenters. The predicted molar refractivity (Wildman–Crippen MR) is 91.2 cm³/mol. The summed E-state index contributed by atoms with van der Waals surface area (Å²) in [5.41, 5.74) is 3.20. The molecule has 7 nitrogen and oxygen atoms in total. The molecule has 1 fully saturated rings. The minimum Gasteiger partial charge on any atom is -0.444 e. The van der Waals surface area contributed by atoms with Crippen LogP contribution in [0.3, 0.4) is 0 Å². The van der Waals surface area contributed by atoms with E-state index in [9.17, 15) is 9.59 Å². The molecule has 0 aliphatic carbocycles. The number of amides is 1. The fourth-order valence-corrected chi connectivity index (χ4v) is 2.75. The quantitative estimate of drug-likeness (QED) is 0.834. The van der Waals surface area contributed by atoms with Crippen LogP contribution in [0.15, 0.2) is 27.5 Å². The van der Waals surface area contributed by atoms with Crippen LogP contribution in [0.25, 0.3) is 10.9 Å². The molecule has 1 amide bonds. The molecule has 1 saturated heterocycles. The van der Waals surface area contributed by atoms with Crippen molar-refractivity contribution in [3.63, 3.8) is 0 Å². The van der Waals surface area contributed by atoms with Crippen molar-refractivity contribution in [1.82, 2.24) is 14.8 Å². The van der Waals surface area contributed by atoms with Crippen molar-refractivity contribution >= 4 is 32.9 Å². The Hall–Kier alpha value is -1.96. The van der Waals surface area contributed by atoms with Crippen molar-refractivity contribution in [3.05, 3.63) is 33.0 Å². The second kappa shape index (κ2) is 5.59. The Bertz CT molecular complexity index is 799. The number of likely N-dealkylation sites (tertiary alicyclic amines) is 1. The lowest BCUT2D eigenvalue weighted by Crippen LogP contribution is -2.60. The van der Waals surface area contributed by atoms with Gasteiger partial charge in [0.1, 0.15) is 5.60 Å². The Balaban J connectivity index is 1.63. The zero-order valence-corrected chi connectivity index (χ0v) is 14.8. The van der Waals surface area contributed by atoms with Gasteiger partial charge < -0.3 is 15.1 Å². The third kappa shape index (κ3) is 3.36. The first-order valence-corrected chi connectivity index (χ1v) is 8.17. The predicted octanol–water partition coefficient (Wildman–Crippen LogP) is 2.25. The number of carbonyl (C=O) groups excluding carboxylic acids is 1. The number of hydrogen-bond donors (Lipinski definition) is 2. The Morgan fingerprint density at radius 1 is 1.39 bits per heavy atom. The van der Waals surface area contributed by atoms with Gasteiger partial charge >= 0.3 is 6.09 Å². The highest BCUT2D eigenvalue weighted by atomic mass is 79.9. The number of aromatic nitrogens is 2. The van der Waals surface area contributed by atoms with Crippen LogP contribution in [0.5, 0.6) is 0 Å². The molecule has 0 saturated carbocycles. The van der Waals surface area contributed by atoms with E-state index in [0.717, 1.165) is 9.99 Å². The number of aromatic amines is 1. The maximum absolute atomic E-state index is 12.3. The zero-order valence-electron chi connectivity index (χ0n) is 13.2. The molecule has 8 heteroatoms. The standard InChI is InChI=1S/C15H19BrN4O3/c1-15(2,3)23-14(22)19-7-10(8-19)17-20-13(21)11-6-9(16)4-5-12(11)18-20/h4-6,10,17-18H,7-8H2,1-3H3. The molecule has 23 heavy (non-hydrogen) atoms. The number of halogens is 1. The maximum atomic E-state index is 12.3. The first-order chi connectivity index (χ1) is 10.7. The van der Waals surface area contributed by atoms with E-state index in [1.165, 1.54) is 4.79 Å². The Kier molecular flexibility index (Phi) is 3.87. The van der Waals surface area contributed by atoms with Gasteiger partial charge in [0.2, 0.25) is 0 Å². The number of ether oxygens (including phenoxy) is 1. The normalized spacial score (nSPS) is 15.6. The van der Waals surface area contributed by atoms with Gasteiger partial charge in [0, 0.05) is 17.6 Å². The molecular formula is C15H19BrN4O3. The molecule has 1 aliphatic rings. The van der Waals surface area contributed by atoms with Crippen molar-refractivity contribution in [2.45, 2.75) is 32.4 Å². The van der Waals surface area contributed by atoms with Gasteiger partial charge in [-0.2, -0.15) is 4.79 Å². The highest BCUT2D eigenvalue weighted by Crippen LogP contribution is 2.17. The molecule has 3 rings (SSSR count). The second-order valence-corrected chi connectivity index (χ2v) is 7.57. The maximum Gasteiger partial charge on any atom is 0.410 e. The van der Waals surface area contributed by atoms with Crippen LogP contribution in [0.4, 0.5) is 4.79 Å². The average Bonchev–Trinajstić information content (AvgIpc) is 2.68. The summed E-state index contributed by atoms with van der Waals surface area (Å²) < 4.78 is 6.16. The van der Waals surface area contributed by atoms with E-state index in [0.29, 0.717) is 18.5 Å². The molecule has 1 aromatic carbocycles. The second-order valence-electron chi connectivity index (χ2n) is 6.65. The minimum absolute atomic E-state index is 0.0109. The molecular weight excluding hydrogens is 364 g/mol. The summed E-state index contributed by atoms with van der Waals surface area (Å²) in [5, 5.41) is 3.62. The van der Waals surface area contributed by atoms with Gasteiger partial charge in [-0.25, -0.2) is 4.79 Å². The van der Waals surface area contributed by atoms with Gasteiger partial charge in [0.25, 0.3) is 5.56 Å². The minimum atomic E-state index is -0.503. The Labute approximate surface area is 141 Å². The van der Waals surface area contributed by atoms with E-state index in [2.05, 4.69) is 26.5 Å². The molecule has 0 bridgehead atoms. The summed E-state index contributed by atoms with van der Waals surface area (Å²) in [4.78, 5) is 27.2. The number of hydrogen-bond acceptors (Lipinski definition) is 4. The first-order valence-electron chi connectivity index (χ1n) is 7.38. The molecule has 0 radical (unpaired) electrons. The molecule has 124 valence electrons. The highest BCUT2D eigenvalue weighted by molar-refractivity contribution is 9.10. The third-order valence-electron chi connectivity index (χ3n) is 3.49. The molecule has 1 aromatic heterocycles. The third-order valence-corrected chi connectivity index (χ3v) is 3.99. The molecule has 2 N–H and O–H groups in total. The van der Waals surface area contributed by atoms with Gasteiger partial charge in [-0.05, 0) is 39.0 Å². The fraction of sp³-hybridized carbons (Fsp3) is 0.467. The summed E-state index contributed by atoms with van der Waals surface area (Å²) >= 11 is 3.36. The summed E-state index contributed by atoms with van der Waals surface area (Å²) in [5.74, 6) is 0. The Morgan fingerprint density at radius 3 is 2.74 bits per heavy atom. The summed E-state index contributed by atoms with van der Waals surface area (Å²) in [6.07, 6.45) is -0.330. The van der Waals surface area contributed by atoms with Crippen molar-refractivity contribution < 1.29 is 9.53 Å². The number of rotatable bonds is 2. The van der Waals surface area contributed by atoms with Crippen LogP contribution in [-0.2, 0) is 4.74 Å². The number of fused-ring (bicyclic) bond motifs is 1. The highest BCUT2D eigenvalue weighted by Gasteiger charge is 2.34. The SMILES string of the molecule is CC(C)(C)OC(=O)N1CC(Nn2[nH]c3ccc(Br)cc3c2=O)C1. The molecule has 2 aromatic rings. The number of benzene rings is 1.